The predicted molar refractivity (Wildman–Crippen MR) is 109 cm³/mol. The fourth-order valence-electron chi connectivity index (χ4n) is 2.62. The molecular formula is C23H22N2O3. The first-order chi connectivity index (χ1) is 13.5. The topological polar surface area (TPSA) is 73.9 Å². The number of hydrogen-bond donors (Lipinski definition) is 1. The molecule has 28 heavy (non-hydrogen) atoms. The molecule has 0 aliphatic heterocycles. The van der Waals surface area contributed by atoms with Crippen LogP contribution in [0.4, 0.5) is 0 Å². The number of carbonyl (C=O) groups is 1. The van der Waals surface area contributed by atoms with Gasteiger partial charge < -0.3 is 15.3 Å². The van der Waals surface area contributed by atoms with Gasteiger partial charge in [-0.2, -0.15) is 0 Å². The monoisotopic (exact) mass is 374 g/mol. The Balaban J connectivity index is 1.65. The van der Waals surface area contributed by atoms with Gasteiger partial charge in [-0.3, -0.25) is 0 Å². The lowest BCUT2D eigenvalue weighted by Gasteiger charge is -2.10. The summed E-state index contributed by atoms with van der Waals surface area (Å²) in [5.74, 6) is 0.393. The van der Waals surface area contributed by atoms with Gasteiger partial charge in [0.15, 0.2) is 5.84 Å². The maximum Gasteiger partial charge on any atom is 0.365 e. The summed E-state index contributed by atoms with van der Waals surface area (Å²) in [5, 5.41) is 3.73. The van der Waals surface area contributed by atoms with Crippen molar-refractivity contribution in [2.24, 2.45) is 10.9 Å². The number of nitrogens with two attached hydrogens (primary N) is 1. The van der Waals surface area contributed by atoms with Gasteiger partial charge in [-0.25, -0.2) is 4.79 Å². The first-order valence-electron chi connectivity index (χ1n) is 8.92. The molecule has 2 N–H and O–H groups in total. The maximum atomic E-state index is 12.3. The molecule has 0 aliphatic carbocycles. The quantitative estimate of drug-likeness (QED) is 0.301. The molecule has 3 aromatic rings. The van der Waals surface area contributed by atoms with Crippen molar-refractivity contribution >= 4 is 11.8 Å². The van der Waals surface area contributed by atoms with Gasteiger partial charge in [0.1, 0.15) is 12.4 Å². The second-order valence-corrected chi connectivity index (χ2v) is 6.48. The molecule has 0 saturated carbocycles. The number of ether oxygens (including phenoxy) is 1. The fourth-order valence-corrected chi connectivity index (χ4v) is 2.62. The van der Waals surface area contributed by atoms with Gasteiger partial charge in [-0.15, -0.1) is 0 Å². The predicted octanol–water partition coefficient (Wildman–Crippen LogP) is 4.36. The number of rotatable bonds is 6. The largest absolute Gasteiger partial charge is 0.489 e. The molecule has 3 rings (SSSR count). The lowest BCUT2D eigenvalue weighted by atomic mass is 10.1. The van der Waals surface area contributed by atoms with E-state index >= 15 is 0 Å². The highest BCUT2D eigenvalue weighted by Gasteiger charge is 2.10. The first kappa shape index (κ1) is 19.2. The van der Waals surface area contributed by atoms with E-state index in [2.05, 4.69) is 5.16 Å². The minimum atomic E-state index is -0.576. The molecule has 0 bridgehead atoms. The van der Waals surface area contributed by atoms with E-state index in [1.165, 1.54) is 0 Å². The zero-order valence-corrected chi connectivity index (χ0v) is 15.9. The van der Waals surface area contributed by atoms with Crippen molar-refractivity contribution in [1.29, 1.82) is 0 Å². The van der Waals surface area contributed by atoms with Crippen molar-refractivity contribution < 1.29 is 14.4 Å². The van der Waals surface area contributed by atoms with Crippen LogP contribution in [0, 0.1) is 13.8 Å². The van der Waals surface area contributed by atoms with E-state index in [1.807, 2.05) is 56.3 Å². The molecule has 0 unspecified atom stereocenters. The SMILES string of the molecule is Cc1ccc(C)c(OCc2cccc(C(=O)O/N=C(\N)c3ccccc3)c2)c1. The van der Waals surface area contributed by atoms with E-state index in [0.29, 0.717) is 17.7 Å². The number of benzene rings is 3. The Morgan fingerprint density at radius 1 is 0.929 bits per heavy atom. The lowest BCUT2D eigenvalue weighted by molar-refractivity contribution is 0.0516. The Kier molecular flexibility index (Phi) is 6.07. The molecule has 0 fully saturated rings. The highest BCUT2D eigenvalue weighted by Crippen LogP contribution is 2.20. The van der Waals surface area contributed by atoms with Crippen LogP contribution in [-0.4, -0.2) is 11.8 Å². The van der Waals surface area contributed by atoms with Crippen LogP contribution in [-0.2, 0) is 11.4 Å². The Bertz CT molecular complexity index is 998. The van der Waals surface area contributed by atoms with Crippen LogP contribution >= 0.6 is 0 Å². The molecule has 0 spiro atoms. The zero-order valence-electron chi connectivity index (χ0n) is 15.9. The minimum Gasteiger partial charge on any atom is -0.489 e. The number of oxime groups is 1. The van der Waals surface area contributed by atoms with Gasteiger partial charge in [0, 0.05) is 5.56 Å². The molecule has 0 heterocycles. The minimum absolute atomic E-state index is 0.142. The van der Waals surface area contributed by atoms with Gasteiger partial charge in [0.05, 0.1) is 5.56 Å². The van der Waals surface area contributed by atoms with E-state index in [4.69, 9.17) is 15.3 Å². The van der Waals surface area contributed by atoms with Crippen molar-refractivity contribution in [3.05, 3.63) is 101 Å². The van der Waals surface area contributed by atoms with E-state index in [1.54, 1.807) is 30.3 Å². The van der Waals surface area contributed by atoms with Crippen molar-refractivity contribution in [2.45, 2.75) is 20.5 Å². The fraction of sp³-hybridized carbons (Fsp3) is 0.130. The summed E-state index contributed by atoms with van der Waals surface area (Å²) in [6.07, 6.45) is 0. The molecule has 5 heteroatoms. The second kappa shape index (κ2) is 8.86. The van der Waals surface area contributed by atoms with Crippen LogP contribution in [0.25, 0.3) is 0 Å². The zero-order chi connectivity index (χ0) is 19.9. The van der Waals surface area contributed by atoms with Crippen LogP contribution in [0.5, 0.6) is 5.75 Å². The van der Waals surface area contributed by atoms with Crippen LogP contribution in [0.2, 0.25) is 0 Å². The van der Waals surface area contributed by atoms with Crippen LogP contribution < -0.4 is 10.5 Å². The summed E-state index contributed by atoms with van der Waals surface area (Å²) >= 11 is 0. The Labute approximate surface area is 164 Å². The summed E-state index contributed by atoms with van der Waals surface area (Å²) in [7, 11) is 0. The van der Waals surface area contributed by atoms with Crippen molar-refractivity contribution in [1.82, 2.24) is 0 Å². The Morgan fingerprint density at radius 2 is 1.68 bits per heavy atom. The first-order valence-corrected chi connectivity index (χ1v) is 8.92. The Hall–Kier alpha value is -3.60. The van der Waals surface area contributed by atoms with Gasteiger partial charge in [-0.1, -0.05) is 59.8 Å². The number of carbonyl (C=O) groups excluding carboxylic acids is 1. The Morgan fingerprint density at radius 3 is 2.46 bits per heavy atom. The number of amidine groups is 1. The van der Waals surface area contributed by atoms with Gasteiger partial charge in [-0.05, 0) is 48.7 Å². The number of hydrogen-bond acceptors (Lipinski definition) is 4. The van der Waals surface area contributed by atoms with Crippen LogP contribution in [0.15, 0.2) is 78.0 Å². The maximum absolute atomic E-state index is 12.3. The second-order valence-electron chi connectivity index (χ2n) is 6.48. The lowest BCUT2D eigenvalue weighted by Crippen LogP contribution is -2.15. The van der Waals surface area contributed by atoms with E-state index in [0.717, 1.165) is 22.4 Å². The summed E-state index contributed by atoms with van der Waals surface area (Å²) < 4.78 is 5.89. The van der Waals surface area contributed by atoms with E-state index in [-0.39, 0.29) is 5.84 Å². The third-order valence-electron chi connectivity index (χ3n) is 4.20. The average Bonchev–Trinajstić information content (AvgIpc) is 2.73. The van der Waals surface area contributed by atoms with Crippen LogP contribution in [0.1, 0.15) is 32.6 Å². The standard InChI is InChI=1S/C23H22N2O3/c1-16-11-12-17(2)21(13-16)27-15-18-7-6-10-20(14-18)23(26)28-25-22(24)19-8-4-3-5-9-19/h3-14H,15H2,1-2H3,(H2,24,25). The van der Waals surface area contributed by atoms with Gasteiger partial charge in [0.25, 0.3) is 0 Å². The number of aryl methyl sites for hydroxylation is 2. The third kappa shape index (κ3) is 4.98. The molecule has 0 amide bonds. The molecule has 5 nitrogen and oxygen atoms in total. The average molecular weight is 374 g/mol. The summed E-state index contributed by atoms with van der Waals surface area (Å²) in [5.41, 5.74) is 9.96. The molecule has 0 aromatic heterocycles. The molecule has 0 aliphatic rings. The summed E-state index contributed by atoms with van der Waals surface area (Å²) in [4.78, 5) is 17.3. The van der Waals surface area contributed by atoms with Crippen molar-refractivity contribution in [3.8, 4) is 5.75 Å². The highest BCUT2D eigenvalue weighted by atomic mass is 16.7. The molecule has 142 valence electrons. The van der Waals surface area contributed by atoms with E-state index < -0.39 is 5.97 Å². The van der Waals surface area contributed by atoms with Crippen molar-refractivity contribution in [3.63, 3.8) is 0 Å². The van der Waals surface area contributed by atoms with Crippen LogP contribution in [0.3, 0.4) is 0 Å². The van der Waals surface area contributed by atoms with Crippen molar-refractivity contribution in [2.75, 3.05) is 0 Å². The normalized spacial score (nSPS) is 11.1. The van der Waals surface area contributed by atoms with Gasteiger partial charge in [0.2, 0.25) is 0 Å². The molecule has 0 saturated heterocycles. The molecule has 3 aromatic carbocycles. The third-order valence-corrected chi connectivity index (χ3v) is 4.20. The summed E-state index contributed by atoms with van der Waals surface area (Å²) in [6.45, 7) is 4.36. The smallest absolute Gasteiger partial charge is 0.365 e. The molecular weight excluding hydrogens is 352 g/mol. The molecule has 0 atom stereocenters. The summed E-state index contributed by atoms with van der Waals surface area (Å²) in [6, 6.07) is 22.2. The van der Waals surface area contributed by atoms with E-state index in [9.17, 15) is 4.79 Å². The van der Waals surface area contributed by atoms with Gasteiger partial charge >= 0.3 is 5.97 Å². The number of nitrogens with zero attached hydrogens (tertiary/aromatic N) is 1. The highest BCUT2D eigenvalue weighted by molar-refractivity contribution is 5.98. The molecule has 0 radical (unpaired) electrons.